The summed E-state index contributed by atoms with van der Waals surface area (Å²) >= 11 is 1.76. The van der Waals surface area contributed by atoms with Gasteiger partial charge in [-0.15, -0.1) is 11.8 Å². The zero-order valence-electron chi connectivity index (χ0n) is 20.9. The van der Waals surface area contributed by atoms with Gasteiger partial charge in [-0.25, -0.2) is 14.8 Å². The predicted octanol–water partition coefficient (Wildman–Crippen LogP) is 5.22. The standard InChI is InChI=1S/C28H37N3O4S/c32-25(33)16-35-21-8-9-31(15-21)24-7-6-23(28(29-24)36-22-4-2-1-3-5-22)27(34)30-26-19-11-17-10-18(13-19)14-20(26)12-17/h6-7,17-22H,1-5,8-16H2,(H,32,33)/t17?,18?,19?,20?,21-/m0/s1. The number of hydrogen-bond acceptors (Lipinski definition) is 6. The van der Waals surface area contributed by atoms with E-state index in [4.69, 9.17) is 19.8 Å². The Hall–Kier alpha value is -1.93. The summed E-state index contributed by atoms with van der Waals surface area (Å²) in [6.45, 7) is 1.12. The summed E-state index contributed by atoms with van der Waals surface area (Å²) in [6.07, 6.45) is 13.1. The molecular weight excluding hydrogens is 474 g/mol. The number of carboxylic acid groups (broad SMARTS) is 1. The average molecular weight is 512 g/mol. The van der Waals surface area contributed by atoms with Gasteiger partial charge >= 0.3 is 5.97 Å². The van der Waals surface area contributed by atoms with Crippen LogP contribution in [0.4, 0.5) is 5.82 Å². The summed E-state index contributed by atoms with van der Waals surface area (Å²) in [5.41, 5.74) is 1.83. The number of thioether (sulfide) groups is 1. The van der Waals surface area contributed by atoms with E-state index in [1.54, 1.807) is 11.8 Å². The Morgan fingerprint density at radius 2 is 1.75 bits per heavy atom. The molecule has 8 heteroatoms. The lowest BCUT2D eigenvalue weighted by molar-refractivity contribution is -0.143. The fraction of sp³-hybridized carbons (Fsp3) is 0.714. The molecule has 7 rings (SSSR count). The van der Waals surface area contributed by atoms with Crippen molar-refractivity contribution in [1.29, 1.82) is 0 Å². The molecule has 6 fully saturated rings. The summed E-state index contributed by atoms with van der Waals surface area (Å²) in [5, 5.41) is 10.2. The average Bonchev–Trinajstić information content (AvgIpc) is 3.34. The number of aliphatic carboxylic acids is 1. The third-order valence-electron chi connectivity index (χ3n) is 9.02. The maximum Gasteiger partial charge on any atom is 0.329 e. The second kappa shape index (κ2) is 10.4. The van der Waals surface area contributed by atoms with Crippen LogP contribution < -0.4 is 4.90 Å². The second-order valence-electron chi connectivity index (χ2n) is 11.6. The fourth-order valence-corrected chi connectivity index (χ4v) is 8.80. The zero-order valence-corrected chi connectivity index (χ0v) is 21.8. The van der Waals surface area contributed by atoms with Crippen LogP contribution in [0.15, 0.2) is 22.2 Å². The first-order valence-electron chi connectivity index (χ1n) is 13.9. The van der Waals surface area contributed by atoms with E-state index >= 15 is 0 Å². The Morgan fingerprint density at radius 1 is 1.03 bits per heavy atom. The van der Waals surface area contributed by atoms with Crippen LogP contribution in [0.5, 0.6) is 0 Å². The monoisotopic (exact) mass is 511 g/mol. The molecule has 36 heavy (non-hydrogen) atoms. The van der Waals surface area contributed by atoms with Gasteiger partial charge in [0.25, 0.3) is 5.91 Å². The molecule has 1 amide bonds. The third-order valence-corrected chi connectivity index (χ3v) is 10.4. The van der Waals surface area contributed by atoms with Gasteiger partial charge in [-0.1, -0.05) is 19.3 Å². The Bertz CT molecular complexity index is 1010. The Kier molecular flexibility index (Phi) is 7.08. The molecule has 2 heterocycles. The van der Waals surface area contributed by atoms with Gasteiger partial charge in [-0.05, 0) is 87.2 Å². The molecule has 1 N–H and O–H groups in total. The lowest BCUT2D eigenvalue weighted by Gasteiger charge is -2.50. The molecule has 4 bridgehead atoms. The van der Waals surface area contributed by atoms with Gasteiger partial charge in [0.05, 0.1) is 11.7 Å². The first-order valence-corrected chi connectivity index (χ1v) is 14.8. The molecule has 1 saturated heterocycles. The number of anilines is 1. The molecule has 7 nitrogen and oxygen atoms in total. The third kappa shape index (κ3) is 5.21. The number of nitrogens with zero attached hydrogens (tertiary/aromatic N) is 3. The molecule has 1 aliphatic heterocycles. The van der Waals surface area contributed by atoms with Crippen LogP contribution in [0.1, 0.15) is 81.0 Å². The molecule has 0 unspecified atom stereocenters. The second-order valence-corrected chi connectivity index (χ2v) is 12.9. The van der Waals surface area contributed by atoms with Gasteiger partial charge in [0.15, 0.2) is 0 Å². The molecule has 194 valence electrons. The van der Waals surface area contributed by atoms with E-state index in [1.165, 1.54) is 69.9 Å². The van der Waals surface area contributed by atoms with E-state index in [0.717, 1.165) is 35.6 Å². The molecule has 0 spiro atoms. The Labute approximate surface area is 217 Å². The summed E-state index contributed by atoms with van der Waals surface area (Å²) in [7, 11) is 0. The van der Waals surface area contributed by atoms with E-state index in [-0.39, 0.29) is 18.6 Å². The van der Waals surface area contributed by atoms with Crippen molar-refractivity contribution < 1.29 is 19.4 Å². The Morgan fingerprint density at radius 3 is 2.44 bits per heavy atom. The Balaban J connectivity index is 1.23. The molecule has 5 saturated carbocycles. The number of aliphatic imine (C=N–C) groups is 1. The molecule has 0 aromatic carbocycles. The summed E-state index contributed by atoms with van der Waals surface area (Å²) in [5.74, 6) is 2.51. The van der Waals surface area contributed by atoms with E-state index in [2.05, 4.69) is 4.90 Å². The van der Waals surface area contributed by atoms with Gasteiger partial charge in [0.2, 0.25) is 0 Å². The fourth-order valence-electron chi connectivity index (χ4n) is 7.49. The number of carbonyl (C=O) groups is 2. The van der Waals surface area contributed by atoms with Crippen LogP contribution in [0, 0.1) is 23.7 Å². The van der Waals surface area contributed by atoms with E-state index in [1.807, 2.05) is 12.1 Å². The molecular formula is C28H37N3O4S. The largest absolute Gasteiger partial charge is 0.480 e. The lowest BCUT2D eigenvalue weighted by Crippen LogP contribution is -2.45. The number of amides is 1. The van der Waals surface area contributed by atoms with Crippen LogP contribution in [-0.2, 0) is 9.53 Å². The van der Waals surface area contributed by atoms with Crippen molar-refractivity contribution in [3.63, 3.8) is 0 Å². The topological polar surface area (TPSA) is 92.1 Å². The lowest BCUT2D eigenvalue weighted by atomic mass is 9.55. The first kappa shape index (κ1) is 24.4. The van der Waals surface area contributed by atoms with Gasteiger partial charge in [0.1, 0.15) is 17.5 Å². The van der Waals surface area contributed by atoms with Crippen molar-refractivity contribution in [2.45, 2.75) is 87.0 Å². The SMILES string of the molecule is O=C(O)CO[C@H]1CCN(c2ccc(C(=O)N=C3C4CC5CC(C4)CC3C5)c(SC3CCCCC3)n2)C1. The maximum absolute atomic E-state index is 13.6. The molecule has 1 aromatic heterocycles. The van der Waals surface area contributed by atoms with Gasteiger partial charge in [-0.2, -0.15) is 0 Å². The van der Waals surface area contributed by atoms with Gasteiger partial charge < -0.3 is 14.7 Å². The van der Waals surface area contributed by atoms with Crippen molar-refractivity contribution in [2.24, 2.45) is 28.7 Å². The van der Waals surface area contributed by atoms with E-state index in [9.17, 15) is 9.59 Å². The smallest absolute Gasteiger partial charge is 0.329 e. The molecule has 5 aliphatic carbocycles. The molecule has 1 aromatic rings. The van der Waals surface area contributed by atoms with Crippen molar-refractivity contribution >= 4 is 35.2 Å². The number of carboxylic acids is 1. The van der Waals surface area contributed by atoms with Crippen molar-refractivity contribution in [2.75, 3.05) is 24.6 Å². The number of aromatic nitrogens is 1. The number of carbonyl (C=O) groups excluding carboxylic acids is 1. The maximum atomic E-state index is 13.6. The number of ether oxygens (including phenoxy) is 1. The summed E-state index contributed by atoms with van der Waals surface area (Å²) in [6, 6.07) is 3.87. The zero-order chi connectivity index (χ0) is 24.6. The molecule has 0 radical (unpaired) electrons. The predicted molar refractivity (Wildman–Crippen MR) is 140 cm³/mol. The number of pyridine rings is 1. The minimum Gasteiger partial charge on any atom is -0.480 e. The van der Waals surface area contributed by atoms with Gasteiger partial charge in [-0.3, -0.25) is 4.79 Å². The highest BCUT2D eigenvalue weighted by Gasteiger charge is 2.46. The first-order chi connectivity index (χ1) is 17.5. The van der Waals surface area contributed by atoms with Crippen molar-refractivity contribution in [1.82, 2.24) is 4.98 Å². The molecule has 6 aliphatic rings. The van der Waals surface area contributed by atoms with Crippen molar-refractivity contribution in [3.8, 4) is 0 Å². The normalized spacial score (nSPS) is 31.7. The van der Waals surface area contributed by atoms with E-state index < -0.39 is 5.97 Å². The highest BCUT2D eigenvalue weighted by Crippen LogP contribution is 2.52. The van der Waals surface area contributed by atoms with E-state index in [0.29, 0.717) is 29.2 Å². The minimum atomic E-state index is -0.943. The van der Waals surface area contributed by atoms with Crippen LogP contribution in [0.3, 0.4) is 0 Å². The minimum absolute atomic E-state index is 0.109. The highest BCUT2D eigenvalue weighted by molar-refractivity contribution is 7.99. The summed E-state index contributed by atoms with van der Waals surface area (Å²) in [4.78, 5) is 36.4. The van der Waals surface area contributed by atoms with Crippen LogP contribution >= 0.6 is 11.8 Å². The molecule has 1 atom stereocenters. The van der Waals surface area contributed by atoms with Crippen LogP contribution in [-0.4, -0.2) is 58.7 Å². The van der Waals surface area contributed by atoms with Crippen LogP contribution in [0.2, 0.25) is 0 Å². The highest BCUT2D eigenvalue weighted by atomic mass is 32.2. The number of hydrogen-bond donors (Lipinski definition) is 1. The van der Waals surface area contributed by atoms with Gasteiger partial charge in [0, 0.05) is 24.1 Å². The number of rotatable bonds is 7. The van der Waals surface area contributed by atoms with Crippen molar-refractivity contribution in [3.05, 3.63) is 17.7 Å². The van der Waals surface area contributed by atoms with Crippen LogP contribution in [0.25, 0.3) is 0 Å². The quantitative estimate of drug-likeness (QED) is 0.536. The summed E-state index contributed by atoms with van der Waals surface area (Å²) < 4.78 is 5.52.